The molecular formula is C18H19ClN6O11S2. The first-order valence-electron chi connectivity index (χ1n) is 10.4. The Bertz CT molecular complexity index is 1380. The van der Waals surface area contributed by atoms with Gasteiger partial charge < -0.3 is 31.3 Å². The van der Waals surface area contributed by atoms with E-state index in [-0.39, 0.29) is 13.1 Å². The second kappa shape index (κ2) is 9.26. The molecule has 4 atom stereocenters. The summed E-state index contributed by atoms with van der Waals surface area (Å²) in [7, 11) is -5.23. The first kappa shape index (κ1) is 27.4. The van der Waals surface area contributed by atoms with E-state index in [4.69, 9.17) is 17.3 Å². The van der Waals surface area contributed by atoms with Crippen molar-refractivity contribution in [2.45, 2.75) is 21.5 Å². The van der Waals surface area contributed by atoms with Gasteiger partial charge in [-0.2, -0.15) is 8.42 Å². The molecule has 20 heteroatoms. The van der Waals surface area contributed by atoms with E-state index in [0.717, 1.165) is 20.9 Å². The van der Waals surface area contributed by atoms with Crippen molar-refractivity contribution in [2.75, 3.05) is 19.6 Å². The number of carbonyl (C=O) groups is 5. The third-order valence-electron chi connectivity index (χ3n) is 6.08. The van der Waals surface area contributed by atoms with Crippen LogP contribution in [0.4, 0.5) is 9.59 Å². The van der Waals surface area contributed by atoms with Gasteiger partial charge in [-0.1, -0.05) is 23.4 Å². The summed E-state index contributed by atoms with van der Waals surface area (Å²) in [6.45, 7) is -0.747. The van der Waals surface area contributed by atoms with E-state index in [1.165, 1.54) is 0 Å². The molecule has 1 unspecified atom stereocenters. The van der Waals surface area contributed by atoms with Crippen LogP contribution >= 0.6 is 23.4 Å². The van der Waals surface area contributed by atoms with Crippen molar-refractivity contribution < 1.29 is 52.3 Å². The minimum Gasteiger partial charge on any atom is -0.504 e. The Morgan fingerprint density at radius 2 is 1.82 bits per heavy atom. The topological polar surface area (TPSA) is 260 Å². The van der Waals surface area contributed by atoms with Crippen LogP contribution in [0.25, 0.3) is 0 Å². The van der Waals surface area contributed by atoms with Gasteiger partial charge in [0.15, 0.2) is 16.7 Å². The predicted molar refractivity (Wildman–Crippen MR) is 126 cm³/mol. The Morgan fingerprint density at radius 3 is 2.39 bits per heavy atom. The lowest BCUT2D eigenvalue weighted by atomic mass is 10.0. The number of phenols is 2. The second-order valence-corrected chi connectivity index (χ2v) is 11.7. The molecule has 3 aliphatic heterocycles. The van der Waals surface area contributed by atoms with Crippen LogP contribution in [0, 0.1) is 0 Å². The number of halogens is 1. The highest BCUT2D eigenvalue weighted by atomic mass is 35.5. The highest BCUT2D eigenvalue weighted by Crippen LogP contribution is 2.50. The molecule has 4 rings (SSSR count). The van der Waals surface area contributed by atoms with Crippen LogP contribution in [-0.4, -0.2) is 109 Å². The number of β-lactam (4-membered cyclic amide) rings is 1. The first-order chi connectivity index (χ1) is 17.6. The van der Waals surface area contributed by atoms with Gasteiger partial charge >= 0.3 is 18.0 Å². The van der Waals surface area contributed by atoms with E-state index in [1.807, 2.05) is 0 Å². The van der Waals surface area contributed by atoms with Crippen molar-refractivity contribution in [2.24, 2.45) is 5.73 Å². The second-order valence-electron chi connectivity index (χ2n) is 8.37. The lowest BCUT2D eigenvalue weighted by Crippen LogP contribution is -2.68. The molecule has 0 saturated carbocycles. The molecule has 8 N–H and O–H groups in total. The van der Waals surface area contributed by atoms with Gasteiger partial charge in [-0.05, 0) is 6.07 Å². The molecule has 0 aromatic heterocycles. The number of carbonyl (C=O) groups excluding carboxylic acids is 4. The molecule has 1 aromatic carbocycles. The van der Waals surface area contributed by atoms with Crippen LogP contribution in [0.2, 0.25) is 5.02 Å². The van der Waals surface area contributed by atoms with Crippen molar-refractivity contribution in [1.82, 2.24) is 25.6 Å². The highest BCUT2D eigenvalue weighted by molar-refractivity contribution is 8.02. The quantitative estimate of drug-likeness (QED) is 0.105. The number of nitrogens with one attached hydrogen (secondary N) is 2. The van der Waals surface area contributed by atoms with Gasteiger partial charge in [-0.25, -0.2) is 24.8 Å². The summed E-state index contributed by atoms with van der Waals surface area (Å²) in [5.74, 6) is -5.30. The number of carboxylic acids is 1. The molecule has 206 valence electrons. The van der Waals surface area contributed by atoms with Crippen LogP contribution in [0.15, 0.2) is 12.1 Å². The number of hydrazine groups is 1. The predicted octanol–water partition coefficient (Wildman–Crippen LogP) is -1.82. The number of amides is 6. The smallest absolute Gasteiger partial charge is 0.342 e. The Hall–Kier alpha value is -3.68. The number of carboxylic acid groups (broad SMARTS) is 1. The average molecular weight is 595 g/mol. The van der Waals surface area contributed by atoms with E-state index < -0.39 is 90.1 Å². The number of urea groups is 2. The van der Waals surface area contributed by atoms with Crippen molar-refractivity contribution in [3.05, 3.63) is 22.7 Å². The van der Waals surface area contributed by atoms with Crippen molar-refractivity contribution in [3.63, 3.8) is 0 Å². The maximum Gasteiger partial charge on any atom is 0.342 e. The number of nitrogens with zero attached hydrogens (tertiary/aromatic N) is 3. The summed E-state index contributed by atoms with van der Waals surface area (Å²) in [5.41, 5.74) is 6.46. The zero-order valence-corrected chi connectivity index (χ0v) is 21.2. The molecule has 3 fully saturated rings. The van der Waals surface area contributed by atoms with E-state index >= 15 is 0 Å². The molecule has 3 heterocycles. The monoisotopic (exact) mass is 594 g/mol. The van der Waals surface area contributed by atoms with Gasteiger partial charge in [0.25, 0.3) is 10.1 Å². The van der Waals surface area contributed by atoms with Crippen LogP contribution < -0.4 is 16.5 Å². The third kappa shape index (κ3) is 4.36. The Labute approximate surface area is 222 Å². The molecule has 0 spiro atoms. The SMILES string of the molecule is NC(=O)NN1CCN([C@]2(C(=O)O)CN3C(=O)[C@@H](NC(=O)C(c4cc(O)c(O)cc4Cl)S(=O)(=O)O)[C@H]3S2)C1=O. The summed E-state index contributed by atoms with van der Waals surface area (Å²) in [5, 5.41) is 28.2. The van der Waals surface area contributed by atoms with E-state index in [0.29, 0.717) is 17.8 Å². The number of fused-ring (bicyclic) bond motifs is 1. The van der Waals surface area contributed by atoms with E-state index in [1.54, 1.807) is 0 Å². The molecule has 1 aromatic rings. The first-order valence-corrected chi connectivity index (χ1v) is 13.2. The fraction of sp³-hybridized carbons (Fsp3) is 0.389. The van der Waals surface area contributed by atoms with Crippen molar-refractivity contribution in [3.8, 4) is 11.5 Å². The van der Waals surface area contributed by atoms with Crippen molar-refractivity contribution in [1.29, 1.82) is 0 Å². The van der Waals surface area contributed by atoms with Crippen LogP contribution in [0.1, 0.15) is 10.8 Å². The number of hydrogen-bond donors (Lipinski definition) is 7. The maximum atomic E-state index is 13.0. The molecule has 0 radical (unpaired) electrons. The fourth-order valence-electron chi connectivity index (χ4n) is 4.35. The fourth-order valence-corrected chi connectivity index (χ4v) is 7.17. The molecule has 38 heavy (non-hydrogen) atoms. The Morgan fingerprint density at radius 1 is 1.18 bits per heavy atom. The number of aliphatic carboxylic acids is 1. The van der Waals surface area contributed by atoms with Crippen LogP contribution in [0.5, 0.6) is 11.5 Å². The van der Waals surface area contributed by atoms with Gasteiger partial charge in [-0.3, -0.25) is 19.0 Å². The number of benzene rings is 1. The molecule has 3 saturated heterocycles. The van der Waals surface area contributed by atoms with Gasteiger partial charge in [0, 0.05) is 23.2 Å². The molecule has 0 bridgehead atoms. The lowest BCUT2D eigenvalue weighted by molar-refractivity contribution is -0.151. The van der Waals surface area contributed by atoms with E-state index in [2.05, 4.69) is 10.7 Å². The summed E-state index contributed by atoms with van der Waals surface area (Å²) in [6, 6.07) is -2.02. The molecule has 6 amide bonds. The summed E-state index contributed by atoms with van der Waals surface area (Å²) >= 11 is 6.53. The van der Waals surface area contributed by atoms with Crippen LogP contribution in [-0.2, 0) is 24.5 Å². The Kier molecular flexibility index (Phi) is 6.66. The minimum atomic E-state index is -5.23. The maximum absolute atomic E-state index is 13.0. The molecule has 3 aliphatic rings. The lowest BCUT2D eigenvalue weighted by Gasteiger charge is -2.41. The summed E-state index contributed by atoms with van der Waals surface area (Å²) < 4.78 is 33.8. The van der Waals surface area contributed by atoms with E-state index in [9.17, 15) is 52.3 Å². The van der Waals surface area contributed by atoms with Gasteiger partial charge in [0.05, 0.1) is 13.1 Å². The number of aromatic hydroxyl groups is 2. The van der Waals surface area contributed by atoms with Gasteiger partial charge in [0.1, 0.15) is 11.4 Å². The van der Waals surface area contributed by atoms with Crippen LogP contribution in [0.3, 0.4) is 0 Å². The summed E-state index contributed by atoms with van der Waals surface area (Å²) in [6.07, 6.45) is 0. The Balaban J connectivity index is 1.58. The molecule has 0 aliphatic carbocycles. The number of primary amides is 1. The summed E-state index contributed by atoms with van der Waals surface area (Å²) in [4.78, 5) is 61.9. The van der Waals surface area contributed by atoms with Crippen molar-refractivity contribution >= 4 is 63.3 Å². The largest absolute Gasteiger partial charge is 0.504 e. The molecular weight excluding hydrogens is 576 g/mol. The zero-order valence-electron chi connectivity index (χ0n) is 18.8. The number of hydrogen-bond acceptors (Lipinski definition) is 10. The minimum absolute atomic E-state index is 0.105. The normalized spacial score (nSPS) is 25.6. The van der Waals surface area contributed by atoms with Gasteiger partial charge in [0.2, 0.25) is 16.7 Å². The number of nitrogens with two attached hydrogens (primary N) is 1. The average Bonchev–Trinajstić information content (AvgIpc) is 3.34. The highest BCUT2D eigenvalue weighted by Gasteiger charge is 2.66. The standard InChI is InChI=1S/C18H19ClN6O11S2/c19-7-4-9(27)8(26)3-6(7)11(38(34,35)36)12(28)21-10-13(29)23-5-18(15(30)31,37-14(10)23)24-1-2-25(17(24)33)22-16(20)32/h3-4,10-11,14,26-27H,1-2,5H2,(H,21,28)(H,30,31)(H3,20,22,32)(H,34,35,36)/t10-,11?,14-,18-/m1/s1. The van der Waals surface area contributed by atoms with Gasteiger partial charge in [-0.15, -0.1) is 0 Å². The number of rotatable bonds is 7. The zero-order chi connectivity index (χ0) is 28.3. The molecule has 17 nitrogen and oxygen atoms in total. The third-order valence-corrected chi connectivity index (χ3v) is 9.15. The number of thioether (sulfide) groups is 1. The number of phenolic OH excluding ortho intramolecular Hbond substituents is 2.